The molecule has 2 saturated heterocycles. The summed E-state index contributed by atoms with van der Waals surface area (Å²) >= 11 is 0. The molecule has 2 aliphatic heterocycles. The predicted octanol–water partition coefficient (Wildman–Crippen LogP) is 1.18. The summed E-state index contributed by atoms with van der Waals surface area (Å²) in [6.45, 7) is 13.2. The number of likely N-dealkylation sites (tertiary alicyclic amines) is 2. The third-order valence-electron chi connectivity index (χ3n) is 12.1. The van der Waals surface area contributed by atoms with Gasteiger partial charge in [0.25, 0.3) is 0 Å². The Labute approximate surface area is 357 Å². The van der Waals surface area contributed by atoms with Crippen LogP contribution >= 0.6 is 0 Å². The normalized spacial score (nSPS) is 21.1. The minimum Gasteiger partial charge on any atom is -0.347 e. The Morgan fingerprint density at radius 2 is 1.13 bits per heavy atom. The highest BCUT2D eigenvalue weighted by atomic mass is 16.2. The molecule has 1 saturated carbocycles. The molecule has 1 aliphatic carbocycles. The summed E-state index contributed by atoms with van der Waals surface area (Å²) in [6, 6.07) is -6.48. The second-order valence-electron chi connectivity index (χ2n) is 18.3. The number of amides is 8. The molecule has 340 valence electrons. The van der Waals surface area contributed by atoms with Crippen molar-refractivity contribution in [1.29, 1.82) is 0 Å². The number of nitrogens with one attached hydrogen (secondary N) is 5. The van der Waals surface area contributed by atoms with Crippen LogP contribution in [0.1, 0.15) is 126 Å². The van der Waals surface area contributed by atoms with E-state index in [1.54, 1.807) is 21.0 Å². The van der Waals surface area contributed by atoms with Crippen molar-refractivity contribution >= 4 is 47.3 Å². The van der Waals surface area contributed by atoms with Gasteiger partial charge in [-0.3, -0.25) is 38.4 Å². The number of nitrogens with two attached hydrogens (primary N) is 1. The van der Waals surface area contributed by atoms with Crippen LogP contribution in [-0.4, -0.2) is 138 Å². The lowest BCUT2D eigenvalue weighted by Crippen LogP contribution is -2.62. The van der Waals surface area contributed by atoms with E-state index < -0.39 is 71.8 Å². The quantitative estimate of drug-likeness (QED) is 0.0973. The molecule has 60 heavy (non-hydrogen) atoms. The van der Waals surface area contributed by atoms with Gasteiger partial charge in [0.15, 0.2) is 0 Å². The van der Waals surface area contributed by atoms with Gasteiger partial charge in [-0.2, -0.15) is 0 Å². The molecule has 0 radical (unpaired) electrons. The summed E-state index contributed by atoms with van der Waals surface area (Å²) in [5.41, 5.74) is 6.09. The summed E-state index contributed by atoms with van der Waals surface area (Å²) in [5.74, 6) is -3.46. The molecule has 17 heteroatoms. The van der Waals surface area contributed by atoms with E-state index >= 15 is 0 Å². The lowest BCUT2D eigenvalue weighted by Gasteiger charge is -2.33. The average Bonchev–Trinajstić information content (AvgIpc) is 3.99. The van der Waals surface area contributed by atoms with Gasteiger partial charge < -0.3 is 47.0 Å². The zero-order valence-corrected chi connectivity index (χ0v) is 37.6. The van der Waals surface area contributed by atoms with Gasteiger partial charge in [0, 0.05) is 40.7 Å². The number of hydrogen-bond acceptors (Lipinski definition) is 9. The van der Waals surface area contributed by atoms with Crippen LogP contribution in [0.2, 0.25) is 0 Å². The van der Waals surface area contributed by atoms with Gasteiger partial charge in [-0.05, 0) is 68.6 Å². The van der Waals surface area contributed by atoms with Gasteiger partial charge in [0.2, 0.25) is 47.3 Å². The van der Waals surface area contributed by atoms with E-state index in [1.807, 2.05) is 34.6 Å². The second-order valence-corrected chi connectivity index (χ2v) is 18.3. The first-order valence-corrected chi connectivity index (χ1v) is 22.3. The Morgan fingerprint density at radius 3 is 1.62 bits per heavy atom. The number of hydrogen-bond donors (Lipinski definition) is 6. The molecule has 3 aliphatic rings. The highest BCUT2D eigenvalue weighted by Crippen LogP contribution is 2.30. The van der Waals surface area contributed by atoms with Gasteiger partial charge in [-0.1, -0.05) is 73.6 Å². The van der Waals surface area contributed by atoms with Crippen LogP contribution in [0.25, 0.3) is 0 Å². The van der Waals surface area contributed by atoms with Gasteiger partial charge in [-0.25, -0.2) is 0 Å². The first kappa shape index (κ1) is 50.1. The largest absolute Gasteiger partial charge is 0.347 e. The smallest absolute Gasteiger partial charge is 0.245 e. The first-order chi connectivity index (χ1) is 28.3. The molecule has 17 nitrogen and oxygen atoms in total. The highest BCUT2D eigenvalue weighted by Gasteiger charge is 2.42. The fourth-order valence-corrected chi connectivity index (χ4v) is 8.73. The third kappa shape index (κ3) is 14.2. The molecule has 0 unspecified atom stereocenters. The molecular formula is C43H75N9O8. The average molecular weight is 846 g/mol. The number of nitrogens with zero attached hydrogens (tertiary/aromatic N) is 3. The molecule has 2 heterocycles. The molecule has 3 rings (SSSR count). The Balaban J connectivity index is 1.77. The van der Waals surface area contributed by atoms with Crippen molar-refractivity contribution in [3.8, 4) is 0 Å². The van der Waals surface area contributed by atoms with E-state index in [1.165, 1.54) is 21.6 Å². The monoisotopic (exact) mass is 846 g/mol. The minimum absolute atomic E-state index is 0.111. The van der Waals surface area contributed by atoms with Crippen LogP contribution in [0, 0.1) is 23.7 Å². The Hall–Kier alpha value is -4.28. The van der Waals surface area contributed by atoms with Crippen LogP contribution in [0.5, 0.6) is 0 Å². The Kier molecular flexibility index (Phi) is 19.7. The summed E-state index contributed by atoms with van der Waals surface area (Å²) in [6.07, 6.45) is 7.48. The fraction of sp³-hybridized carbons (Fsp3) is 0.814. The molecule has 0 aromatic rings. The van der Waals surface area contributed by atoms with E-state index in [9.17, 15) is 38.4 Å². The molecule has 0 aromatic heterocycles. The molecule has 7 N–H and O–H groups in total. The standard InChI is InChI=1S/C43H75N9O8/c1-10-27(6)36(49-39(56)35-18-14-20-52(35)42(59)31(22-26(4)5)45-28(7)53)40(57)48-33(24-44)37(54)46-32(23-29-15-11-12-16-29)43(60)51-19-13-17-34(51)38(55)47-30(21-25(2)3)41(58)50(8)9/h25-27,29-36H,10-24,44H2,1-9H3,(H,45,53)(H,46,54)(H,47,55)(H,48,57)(H,49,56)/t27-,30-,31-,32-,33-,34-,35-,36-/m0/s1. The maximum Gasteiger partial charge on any atom is 0.245 e. The van der Waals surface area contributed by atoms with Crippen molar-refractivity contribution in [1.82, 2.24) is 41.3 Å². The predicted molar refractivity (Wildman–Crippen MR) is 227 cm³/mol. The van der Waals surface area contributed by atoms with E-state index in [0.29, 0.717) is 64.5 Å². The molecular weight excluding hydrogens is 771 g/mol. The van der Waals surface area contributed by atoms with E-state index in [2.05, 4.69) is 26.6 Å². The Bertz CT molecular complexity index is 1520. The lowest BCUT2D eigenvalue weighted by molar-refractivity contribution is -0.143. The van der Waals surface area contributed by atoms with Crippen LogP contribution in [0.3, 0.4) is 0 Å². The van der Waals surface area contributed by atoms with E-state index in [0.717, 1.165) is 25.7 Å². The van der Waals surface area contributed by atoms with Crippen molar-refractivity contribution in [2.24, 2.45) is 29.4 Å². The van der Waals surface area contributed by atoms with Crippen molar-refractivity contribution in [2.75, 3.05) is 33.7 Å². The first-order valence-electron chi connectivity index (χ1n) is 22.3. The van der Waals surface area contributed by atoms with Crippen molar-refractivity contribution in [3.63, 3.8) is 0 Å². The van der Waals surface area contributed by atoms with E-state index in [4.69, 9.17) is 5.73 Å². The Morgan fingerprint density at radius 1 is 0.633 bits per heavy atom. The summed E-state index contributed by atoms with van der Waals surface area (Å²) in [7, 11) is 3.27. The number of likely N-dealkylation sites (N-methyl/N-ethyl adjacent to an activating group) is 1. The van der Waals surface area contributed by atoms with Gasteiger partial charge in [-0.15, -0.1) is 0 Å². The van der Waals surface area contributed by atoms with Crippen molar-refractivity contribution < 1.29 is 38.4 Å². The van der Waals surface area contributed by atoms with Gasteiger partial charge in [0.05, 0.1) is 0 Å². The minimum atomic E-state index is -1.25. The van der Waals surface area contributed by atoms with Gasteiger partial charge in [0.1, 0.15) is 42.3 Å². The SMILES string of the molecule is CC[C@H](C)[C@H](NC(=O)[C@@H]1CCCN1C(=O)[C@H](CC(C)C)NC(C)=O)C(=O)N[C@@H](CN)C(=O)N[C@@H](CC1CCCC1)C(=O)N1CCC[C@H]1C(=O)N[C@@H](CC(C)C)C(=O)N(C)C. The molecule has 8 atom stereocenters. The van der Waals surface area contributed by atoms with Crippen LogP contribution in [0.15, 0.2) is 0 Å². The number of carbonyl (C=O) groups excluding carboxylic acids is 8. The van der Waals surface area contributed by atoms with E-state index in [-0.39, 0.29) is 47.9 Å². The van der Waals surface area contributed by atoms with Crippen molar-refractivity contribution in [2.45, 2.75) is 168 Å². The molecule has 0 spiro atoms. The number of rotatable bonds is 21. The topological polar surface area (TPSA) is 232 Å². The van der Waals surface area contributed by atoms with Crippen molar-refractivity contribution in [3.05, 3.63) is 0 Å². The van der Waals surface area contributed by atoms with Crippen LogP contribution in [0.4, 0.5) is 0 Å². The molecule has 0 aromatic carbocycles. The summed E-state index contributed by atoms with van der Waals surface area (Å²) in [4.78, 5) is 113. The lowest BCUT2D eigenvalue weighted by atomic mass is 9.96. The van der Waals surface area contributed by atoms with Crippen LogP contribution < -0.4 is 32.3 Å². The maximum atomic E-state index is 14.4. The zero-order chi connectivity index (χ0) is 44.8. The summed E-state index contributed by atoms with van der Waals surface area (Å²) < 4.78 is 0. The zero-order valence-electron chi connectivity index (χ0n) is 37.6. The maximum absolute atomic E-state index is 14.4. The van der Waals surface area contributed by atoms with Gasteiger partial charge >= 0.3 is 0 Å². The third-order valence-corrected chi connectivity index (χ3v) is 12.1. The highest BCUT2D eigenvalue weighted by molar-refractivity contribution is 5.98. The summed E-state index contributed by atoms with van der Waals surface area (Å²) in [5, 5.41) is 14.1. The molecule has 0 bridgehead atoms. The second kappa shape index (κ2) is 23.6. The number of carbonyl (C=O) groups is 8. The molecule has 3 fully saturated rings. The van der Waals surface area contributed by atoms with Crippen LogP contribution in [-0.2, 0) is 38.4 Å². The molecule has 8 amide bonds. The fourth-order valence-electron chi connectivity index (χ4n) is 8.73.